The van der Waals surface area contributed by atoms with Crippen molar-refractivity contribution in [3.8, 4) is 11.5 Å². The van der Waals surface area contributed by atoms with Gasteiger partial charge in [0.2, 0.25) is 5.91 Å². The van der Waals surface area contributed by atoms with E-state index in [2.05, 4.69) is 22.4 Å². The molecule has 0 saturated carbocycles. The molecule has 26 heavy (non-hydrogen) atoms. The Morgan fingerprint density at radius 1 is 1.23 bits per heavy atom. The second-order valence-electron chi connectivity index (χ2n) is 5.35. The molecule has 1 N–H and O–H groups in total. The van der Waals surface area contributed by atoms with Gasteiger partial charge in [0.1, 0.15) is 0 Å². The second kappa shape index (κ2) is 10.6. The van der Waals surface area contributed by atoms with Gasteiger partial charge < -0.3 is 14.8 Å². The third-order valence-corrected chi connectivity index (χ3v) is 6.74. The van der Waals surface area contributed by atoms with Crippen molar-refractivity contribution in [1.29, 1.82) is 0 Å². The van der Waals surface area contributed by atoms with Gasteiger partial charge in [-0.25, -0.2) is 0 Å². The Morgan fingerprint density at radius 3 is 2.65 bits per heavy atom. The zero-order valence-corrected chi connectivity index (χ0v) is 17.7. The van der Waals surface area contributed by atoms with E-state index in [1.807, 2.05) is 6.92 Å². The highest BCUT2D eigenvalue weighted by Crippen LogP contribution is 2.33. The number of unbranched alkanes of at least 4 members (excludes halogenated alkanes) is 1. The third kappa shape index (κ3) is 6.07. The van der Waals surface area contributed by atoms with Gasteiger partial charge in [0, 0.05) is 17.5 Å². The predicted octanol–water partition coefficient (Wildman–Crippen LogP) is 4.57. The number of nitrogens with one attached hydrogen (secondary N) is 1. The fraction of sp³-hybridized carbons (Fsp3) is 0.471. The molecule has 0 bridgehead atoms. The van der Waals surface area contributed by atoms with Gasteiger partial charge in [0.25, 0.3) is 0 Å². The maximum Gasteiger partial charge on any atom is 0.237 e. The first-order valence-corrected chi connectivity index (χ1v) is 10.9. The molecular weight excluding hydrogens is 390 g/mol. The fourth-order valence-corrected chi connectivity index (χ4v) is 5.29. The molecule has 6 nitrogen and oxygen atoms in total. The van der Waals surface area contributed by atoms with Crippen molar-refractivity contribution in [3.63, 3.8) is 0 Å². The first-order valence-electron chi connectivity index (χ1n) is 8.23. The normalized spacial score (nSPS) is 11.8. The first-order chi connectivity index (χ1) is 12.6. The van der Waals surface area contributed by atoms with Crippen molar-refractivity contribution < 1.29 is 14.3 Å². The van der Waals surface area contributed by atoms with Gasteiger partial charge in [-0.1, -0.05) is 48.2 Å². The number of benzene rings is 1. The van der Waals surface area contributed by atoms with Crippen LogP contribution in [0.15, 0.2) is 26.9 Å². The number of ether oxygens (including phenoxy) is 2. The van der Waals surface area contributed by atoms with E-state index in [1.54, 1.807) is 44.2 Å². The molecule has 0 spiro atoms. The molecule has 0 aliphatic carbocycles. The highest BCUT2D eigenvalue weighted by molar-refractivity contribution is 8.03. The Kier molecular flexibility index (Phi) is 8.53. The summed E-state index contributed by atoms with van der Waals surface area (Å²) < 4.78 is 12.2. The second-order valence-corrected chi connectivity index (χ2v) is 9.26. The highest BCUT2D eigenvalue weighted by Gasteiger charge is 2.18. The molecule has 0 radical (unpaired) electrons. The summed E-state index contributed by atoms with van der Waals surface area (Å²) in [5.41, 5.74) is 0.660. The lowest BCUT2D eigenvalue weighted by atomic mass is 10.2. The number of aromatic nitrogens is 2. The van der Waals surface area contributed by atoms with Crippen LogP contribution >= 0.6 is 34.9 Å². The predicted molar refractivity (Wildman–Crippen MR) is 109 cm³/mol. The largest absolute Gasteiger partial charge is 0.493 e. The van der Waals surface area contributed by atoms with E-state index in [4.69, 9.17) is 9.47 Å². The molecule has 1 aromatic carbocycles. The first kappa shape index (κ1) is 20.9. The van der Waals surface area contributed by atoms with Gasteiger partial charge in [0.15, 0.2) is 20.2 Å². The van der Waals surface area contributed by atoms with Crippen LogP contribution in [0.1, 0.15) is 26.7 Å². The molecule has 0 aliphatic rings. The number of hydrogen-bond acceptors (Lipinski definition) is 8. The highest BCUT2D eigenvalue weighted by atomic mass is 32.2. The minimum Gasteiger partial charge on any atom is -0.493 e. The van der Waals surface area contributed by atoms with E-state index in [9.17, 15) is 4.79 Å². The molecule has 1 amide bonds. The summed E-state index contributed by atoms with van der Waals surface area (Å²) in [4.78, 5) is 12.4. The standard InChI is InChI=1S/C17H23N3O3S3/c1-5-6-9-24-16-19-20-17(26-16)25-11(2)15(21)18-12-7-8-13(22-3)14(10-12)23-4/h7-8,10-11H,5-6,9H2,1-4H3,(H,18,21)/t11-/m1/s1. The van der Waals surface area contributed by atoms with E-state index in [0.29, 0.717) is 17.2 Å². The minimum absolute atomic E-state index is 0.0994. The van der Waals surface area contributed by atoms with Crippen LogP contribution in [0.25, 0.3) is 0 Å². The number of thioether (sulfide) groups is 2. The topological polar surface area (TPSA) is 73.3 Å². The Hall–Kier alpha value is -1.45. The van der Waals surface area contributed by atoms with Gasteiger partial charge in [-0.3, -0.25) is 4.79 Å². The molecule has 1 aromatic heterocycles. The van der Waals surface area contributed by atoms with Crippen LogP contribution in [0, 0.1) is 0 Å². The molecule has 0 aliphatic heterocycles. The Balaban J connectivity index is 1.91. The summed E-state index contributed by atoms with van der Waals surface area (Å²) in [6, 6.07) is 5.28. The Morgan fingerprint density at radius 2 is 1.96 bits per heavy atom. The van der Waals surface area contributed by atoms with E-state index in [1.165, 1.54) is 29.5 Å². The molecule has 9 heteroatoms. The van der Waals surface area contributed by atoms with Crippen LogP contribution in [-0.2, 0) is 4.79 Å². The van der Waals surface area contributed by atoms with E-state index >= 15 is 0 Å². The average Bonchev–Trinajstić information content (AvgIpc) is 3.09. The summed E-state index contributed by atoms with van der Waals surface area (Å²) in [6.07, 6.45) is 2.33. The maximum atomic E-state index is 12.4. The third-order valence-electron chi connectivity index (χ3n) is 3.41. The fourth-order valence-electron chi connectivity index (χ4n) is 1.97. The van der Waals surface area contributed by atoms with Crippen LogP contribution in [-0.4, -0.2) is 41.3 Å². The zero-order chi connectivity index (χ0) is 18.9. The van der Waals surface area contributed by atoms with Crippen molar-refractivity contribution >= 4 is 46.5 Å². The number of rotatable bonds is 10. The van der Waals surface area contributed by atoms with Crippen molar-refractivity contribution in [2.45, 2.75) is 40.6 Å². The zero-order valence-electron chi connectivity index (χ0n) is 15.3. The lowest BCUT2D eigenvalue weighted by molar-refractivity contribution is -0.115. The maximum absolute atomic E-state index is 12.4. The van der Waals surface area contributed by atoms with Crippen molar-refractivity contribution in [2.24, 2.45) is 0 Å². The van der Waals surface area contributed by atoms with Crippen molar-refractivity contribution in [2.75, 3.05) is 25.3 Å². The number of carbonyl (C=O) groups is 1. The molecule has 0 saturated heterocycles. The summed E-state index contributed by atoms with van der Waals surface area (Å²) in [7, 11) is 3.14. The Bertz CT molecular complexity index is 724. The molecule has 1 heterocycles. The van der Waals surface area contributed by atoms with E-state index in [0.717, 1.165) is 20.9 Å². The van der Waals surface area contributed by atoms with Gasteiger partial charge >= 0.3 is 0 Å². The van der Waals surface area contributed by atoms with Crippen molar-refractivity contribution in [3.05, 3.63) is 18.2 Å². The summed E-state index contributed by atoms with van der Waals surface area (Å²) >= 11 is 4.66. The molecule has 2 aromatic rings. The van der Waals surface area contributed by atoms with Crippen LogP contribution in [0.3, 0.4) is 0 Å². The molecular formula is C17H23N3O3S3. The molecule has 0 fully saturated rings. The number of amides is 1. The summed E-state index contributed by atoms with van der Waals surface area (Å²) in [5.74, 6) is 2.14. The lowest BCUT2D eigenvalue weighted by Crippen LogP contribution is -2.22. The smallest absolute Gasteiger partial charge is 0.237 e. The van der Waals surface area contributed by atoms with Crippen LogP contribution < -0.4 is 14.8 Å². The van der Waals surface area contributed by atoms with Crippen LogP contribution in [0.5, 0.6) is 11.5 Å². The number of anilines is 1. The number of carbonyl (C=O) groups excluding carboxylic acids is 1. The molecule has 1 atom stereocenters. The molecule has 142 valence electrons. The summed E-state index contributed by atoms with van der Waals surface area (Å²) in [6.45, 7) is 4.02. The monoisotopic (exact) mass is 413 g/mol. The van der Waals surface area contributed by atoms with Crippen LogP contribution in [0.4, 0.5) is 5.69 Å². The van der Waals surface area contributed by atoms with Crippen molar-refractivity contribution in [1.82, 2.24) is 10.2 Å². The van der Waals surface area contributed by atoms with Gasteiger partial charge in [-0.05, 0) is 25.5 Å². The number of hydrogen-bond donors (Lipinski definition) is 1. The number of nitrogens with zero attached hydrogens (tertiary/aromatic N) is 2. The summed E-state index contributed by atoms with van der Waals surface area (Å²) in [5, 5.41) is 10.9. The lowest BCUT2D eigenvalue weighted by Gasteiger charge is -2.13. The van der Waals surface area contributed by atoms with Gasteiger partial charge in [-0.2, -0.15) is 0 Å². The number of methoxy groups -OCH3 is 2. The quantitative estimate of drug-likeness (QED) is 0.452. The van der Waals surface area contributed by atoms with E-state index in [-0.39, 0.29) is 11.2 Å². The molecule has 2 rings (SSSR count). The SMILES string of the molecule is CCCCSc1nnc(S[C@H](C)C(=O)Nc2ccc(OC)c(OC)c2)s1. The Labute approximate surface area is 166 Å². The minimum atomic E-state index is -0.287. The van der Waals surface area contributed by atoms with E-state index < -0.39 is 0 Å². The van der Waals surface area contributed by atoms with Gasteiger partial charge in [0.05, 0.1) is 19.5 Å². The average molecular weight is 414 g/mol. The molecule has 0 unspecified atom stereocenters. The van der Waals surface area contributed by atoms with Crippen LogP contribution in [0.2, 0.25) is 0 Å². The van der Waals surface area contributed by atoms with Gasteiger partial charge in [-0.15, -0.1) is 10.2 Å².